The third-order valence-corrected chi connectivity index (χ3v) is 4.47. The standard InChI is InChI=1S/C13H16F3N3O3S/c1-8-6-17-12(23(2,21)22)18-10(8)11(20)19(7-13(14,15)16)9-4-3-5-9/h6,9H,3-5,7H2,1-2H3. The van der Waals surface area contributed by atoms with Gasteiger partial charge in [-0.3, -0.25) is 4.79 Å². The van der Waals surface area contributed by atoms with Crippen molar-refractivity contribution in [1.29, 1.82) is 0 Å². The second-order valence-electron chi connectivity index (χ2n) is 5.59. The van der Waals surface area contributed by atoms with E-state index >= 15 is 0 Å². The Kier molecular flexibility index (Phi) is 4.65. The normalized spacial score (nSPS) is 16.0. The monoisotopic (exact) mass is 351 g/mol. The molecule has 1 saturated carbocycles. The zero-order valence-electron chi connectivity index (χ0n) is 12.6. The summed E-state index contributed by atoms with van der Waals surface area (Å²) >= 11 is 0. The van der Waals surface area contributed by atoms with E-state index < -0.39 is 39.7 Å². The Hall–Kier alpha value is -1.71. The lowest BCUT2D eigenvalue weighted by atomic mass is 9.91. The minimum Gasteiger partial charge on any atom is -0.325 e. The summed E-state index contributed by atoms with van der Waals surface area (Å²) in [6.45, 7) is 0.0694. The molecule has 1 heterocycles. The predicted molar refractivity (Wildman–Crippen MR) is 74.6 cm³/mol. The molecule has 0 spiro atoms. The van der Waals surface area contributed by atoms with Crippen LogP contribution in [0.15, 0.2) is 11.4 Å². The van der Waals surface area contributed by atoms with Gasteiger partial charge in [-0.25, -0.2) is 18.4 Å². The smallest absolute Gasteiger partial charge is 0.325 e. The number of amides is 1. The number of hydrogen-bond acceptors (Lipinski definition) is 5. The van der Waals surface area contributed by atoms with Crippen molar-refractivity contribution in [3.05, 3.63) is 17.5 Å². The van der Waals surface area contributed by atoms with Crippen LogP contribution in [0.1, 0.15) is 35.3 Å². The molecular weight excluding hydrogens is 335 g/mol. The van der Waals surface area contributed by atoms with Gasteiger partial charge in [0.15, 0.2) is 0 Å². The lowest BCUT2D eigenvalue weighted by Gasteiger charge is -2.37. The van der Waals surface area contributed by atoms with Crippen LogP contribution in [0, 0.1) is 6.92 Å². The molecule has 1 aliphatic rings. The van der Waals surface area contributed by atoms with Gasteiger partial charge in [-0.15, -0.1) is 0 Å². The van der Waals surface area contributed by atoms with Gasteiger partial charge in [-0.1, -0.05) is 0 Å². The second kappa shape index (κ2) is 6.06. The molecule has 2 rings (SSSR count). The number of aryl methyl sites for hydroxylation is 1. The Morgan fingerprint density at radius 3 is 2.43 bits per heavy atom. The number of aromatic nitrogens is 2. The number of carbonyl (C=O) groups excluding carboxylic acids is 1. The molecule has 0 saturated heterocycles. The van der Waals surface area contributed by atoms with E-state index in [1.165, 1.54) is 6.92 Å². The molecule has 0 aromatic carbocycles. The topological polar surface area (TPSA) is 80.2 Å². The van der Waals surface area contributed by atoms with Gasteiger partial charge in [-0.05, 0) is 31.7 Å². The quantitative estimate of drug-likeness (QED) is 0.772. The van der Waals surface area contributed by atoms with E-state index in [0.717, 1.165) is 23.8 Å². The summed E-state index contributed by atoms with van der Waals surface area (Å²) in [6.07, 6.45) is -0.806. The fourth-order valence-electron chi connectivity index (χ4n) is 2.22. The zero-order chi connectivity index (χ0) is 17.4. The van der Waals surface area contributed by atoms with Crippen LogP contribution in [-0.4, -0.2) is 54.2 Å². The molecule has 0 radical (unpaired) electrons. The van der Waals surface area contributed by atoms with Gasteiger partial charge in [0.1, 0.15) is 12.2 Å². The van der Waals surface area contributed by atoms with E-state index in [4.69, 9.17) is 0 Å². The van der Waals surface area contributed by atoms with E-state index in [2.05, 4.69) is 9.97 Å². The molecular formula is C13H16F3N3O3S. The first-order valence-electron chi connectivity index (χ1n) is 6.90. The van der Waals surface area contributed by atoms with E-state index in [1.54, 1.807) is 0 Å². The van der Waals surface area contributed by atoms with Gasteiger partial charge in [0.05, 0.1) is 0 Å². The van der Waals surface area contributed by atoms with Gasteiger partial charge in [0.2, 0.25) is 15.0 Å². The number of nitrogens with zero attached hydrogens (tertiary/aromatic N) is 3. The Labute approximate surface area is 131 Å². The van der Waals surface area contributed by atoms with Crippen molar-refractivity contribution < 1.29 is 26.4 Å². The number of halogens is 3. The largest absolute Gasteiger partial charge is 0.406 e. The molecule has 0 atom stereocenters. The molecule has 1 aromatic rings. The van der Waals surface area contributed by atoms with E-state index in [-0.39, 0.29) is 11.3 Å². The maximum absolute atomic E-state index is 12.7. The molecule has 128 valence electrons. The molecule has 0 bridgehead atoms. The van der Waals surface area contributed by atoms with E-state index in [0.29, 0.717) is 12.8 Å². The van der Waals surface area contributed by atoms with Crippen molar-refractivity contribution >= 4 is 15.7 Å². The first kappa shape index (κ1) is 17.6. The van der Waals surface area contributed by atoms with Crippen LogP contribution in [0.5, 0.6) is 0 Å². The third-order valence-electron chi connectivity index (χ3n) is 3.61. The van der Waals surface area contributed by atoms with Crippen molar-refractivity contribution in [3.63, 3.8) is 0 Å². The highest BCUT2D eigenvalue weighted by Crippen LogP contribution is 2.29. The molecule has 0 N–H and O–H groups in total. The lowest BCUT2D eigenvalue weighted by molar-refractivity contribution is -0.147. The summed E-state index contributed by atoms with van der Waals surface area (Å²) in [7, 11) is -3.76. The fraction of sp³-hybridized carbons (Fsp3) is 0.615. The minimum atomic E-state index is -4.54. The summed E-state index contributed by atoms with van der Waals surface area (Å²) in [5.74, 6) is -0.920. The summed E-state index contributed by atoms with van der Waals surface area (Å²) < 4.78 is 61.2. The third kappa shape index (κ3) is 4.18. The predicted octanol–water partition coefficient (Wildman–Crippen LogP) is 1.75. The highest BCUT2D eigenvalue weighted by molar-refractivity contribution is 7.90. The molecule has 1 aromatic heterocycles. The maximum Gasteiger partial charge on any atom is 0.406 e. The number of carbonyl (C=O) groups is 1. The van der Waals surface area contributed by atoms with E-state index in [1.807, 2.05) is 0 Å². The first-order chi connectivity index (χ1) is 10.5. The fourth-order valence-corrected chi connectivity index (χ4v) is 2.72. The van der Waals surface area contributed by atoms with Gasteiger partial charge in [-0.2, -0.15) is 13.2 Å². The maximum atomic E-state index is 12.7. The Morgan fingerprint density at radius 2 is 2.00 bits per heavy atom. The van der Waals surface area contributed by atoms with E-state index in [9.17, 15) is 26.4 Å². The van der Waals surface area contributed by atoms with Crippen molar-refractivity contribution in [2.75, 3.05) is 12.8 Å². The summed E-state index contributed by atoms with van der Waals surface area (Å²) in [5, 5.41) is -0.577. The molecule has 23 heavy (non-hydrogen) atoms. The summed E-state index contributed by atoms with van der Waals surface area (Å²) in [4.78, 5) is 20.5. The van der Waals surface area contributed by atoms with Crippen LogP contribution in [0.2, 0.25) is 0 Å². The van der Waals surface area contributed by atoms with Crippen LogP contribution in [-0.2, 0) is 9.84 Å². The molecule has 1 fully saturated rings. The molecule has 1 aliphatic carbocycles. The number of alkyl halides is 3. The Bertz CT molecular complexity index is 715. The van der Waals surface area contributed by atoms with Crippen molar-refractivity contribution in [1.82, 2.24) is 14.9 Å². The highest BCUT2D eigenvalue weighted by atomic mass is 32.2. The average molecular weight is 351 g/mol. The molecule has 0 aliphatic heterocycles. The van der Waals surface area contributed by atoms with Crippen LogP contribution in [0.3, 0.4) is 0 Å². The van der Waals surface area contributed by atoms with Gasteiger partial charge < -0.3 is 4.90 Å². The van der Waals surface area contributed by atoms with Crippen molar-refractivity contribution in [3.8, 4) is 0 Å². The molecule has 6 nitrogen and oxygen atoms in total. The van der Waals surface area contributed by atoms with Gasteiger partial charge >= 0.3 is 6.18 Å². The van der Waals surface area contributed by atoms with Crippen LogP contribution < -0.4 is 0 Å². The molecule has 10 heteroatoms. The number of hydrogen-bond donors (Lipinski definition) is 0. The van der Waals surface area contributed by atoms with Crippen molar-refractivity contribution in [2.45, 2.75) is 43.6 Å². The number of rotatable bonds is 4. The molecule has 1 amide bonds. The average Bonchev–Trinajstić information content (AvgIpc) is 2.32. The summed E-state index contributed by atoms with van der Waals surface area (Å²) in [5.41, 5.74) is -0.0783. The summed E-state index contributed by atoms with van der Waals surface area (Å²) in [6, 6.07) is -0.500. The SMILES string of the molecule is Cc1cnc(S(C)(=O)=O)nc1C(=O)N(CC(F)(F)F)C1CCC1. The van der Waals surface area contributed by atoms with Crippen LogP contribution in [0.4, 0.5) is 13.2 Å². The molecule has 0 unspecified atom stereocenters. The van der Waals surface area contributed by atoms with Crippen LogP contribution >= 0.6 is 0 Å². The lowest BCUT2D eigenvalue weighted by Crippen LogP contribution is -2.49. The van der Waals surface area contributed by atoms with Crippen LogP contribution in [0.25, 0.3) is 0 Å². The van der Waals surface area contributed by atoms with Gasteiger partial charge in [0, 0.05) is 18.5 Å². The minimum absolute atomic E-state index is 0.230. The van der Waals surface area contributed by atoms with Gasteiger partial charge in [0.25, 0.3) is 5.91 Å². The Balaban J connectivity index is 2.39. The van der Waals surface area contributed by atoms with Crippen molar-refractivity contribution in [2.24, 2.45) is 0 Å². The zero-order valence-corrected chi connectivity index (χ0v) is 13.4. The highest BCUT2D eigenvalue weighted by Gasteiger charge is 2.39. The second-order valence-corrected chi connectivity index (χ2v) is 7.50. The Morgan fingerprint density at radius 1 is 1.39 bits per heavy atom. The first-order valence-corrected chi connectivity index (χ1v) is 8.79. The number of sulfone groups is 1.